The molecule has 1 atom stereocenters. The molecule has 3 heterocycles. The SMILES string of the molecule is Cc1ccc(C(CNS(=O)(=O)c2cnc[nH]2)N2CCOCC2)s1. The van der Waals surface area contributed by atoms with Crippen molar-refractivity contribution >= 4 is 21.4 Å². The normalized spacial score (nSPS) is 18.1. The van der Waals surface area contributed by atoms with E-state index >= 15 is 0 Å². The van der Waals surface area contributed by atoms with E-state index in [1.54, 1.807) is 11.3 Å². The lowest BCUT2D eigenvalue weighted by atomic mass is 10.2. The van der Waals surface area contributed by atoms with Crippen LogP contribution in [-0.4, -0.2) is 56.1 Å². The van der Waals surface area contributed by atoms with E-state index in [0.717, 1.165) is 18.0 Å². The minimum Gasteiger partial charge on any atom is -0.379 e. The lowest BCUT2D eigenvalue weighted by Gasteiger charge is -2.34. The maximum atomic E-state index is 12.3. The van der Waals surface area contributed by atoms with Gasteiger partial charge >= 0.3 is 0 Å². The molecule has 1 saturated heterocycles. The summed E-state index contributed by atoms with van der Waals surface area (Å²) in [7, 11) is -3.57. The van der Waals surface area contributed by atoms with Gasteiger partial charge in [0.15, 0.2) is 5.03 Å². The number of ether oxygens (including phenoxy) is 1. The maximum Gasteiger partial charge on any atom is 0.257 e. The van der Waals surface area contributed by atoms with Crippen LogP contribution in [-0.2, 0) is 14.8 Å². The van der Waals surface area contributed by atoms with Gasteiger partial charge in [0.05, 0.1) is 31.8 Å². The van der Waals surface area contributed by atoms with Crippen molar-refractivity contribution in [2.75, 3.05) is 32.8 Å². The highest BCUT2D eigenvalue weighted by molar-refractivity contribution is 7.89. The highest BCUT2D eigenvalue weighted by Crippen LogP contribution is 2.28. The van der Waals surface area contributed by atoms with E-state index in [9.17, 15) is 8.42 Å². The molecular formula is C14H20N4O3S2. The predicted octanol–water partition coefficient (Wildman–Crippen LogP) is 1.13. The number of rotatable bonds is 6. The summed E-state index contributed by atoms with van der Waals surface area (Å²) >= 11 is 1.70. The van der Waals surface area contributed by atoms with Crippen LogP contribution in [0.15, 0.2) is 29.7 Å². The van der Waals surface area contributed by atoms with Gasteiger partial charge in [-0.25, -0.2) is 18.1 Å². The third-order valence-electron chi connectivity index (χ3n) is 3.81. The molecule has 0 spiro atoms. The lowest BCUT2D eigenvalue weighted by Crippen LogP contribution is -2.43. The van der Waals surface area contributed by atoms with E-state index in [2.05, 4.69) is 38.6 Å². The van der Waals surface area contributed by atoms with Crippen molar-refractivity contribution in [2.45, 2.75) is 18.0 Å². The van der Waals surface area contributed by atoms with Gasteiger partial charge in [-0.3, -0.25) is 4.90 Å². The summed E-state index contributed by atoms with van der Waals surface area (Å²) in [6, 6.07) is 4.15. The van der Waals surface area contributed by atoms with Gasteiger partial charge in [0, 0.05) is 29.4 Å². The minimum absolute atomic E-state index is 0.00953. The third-order valence-corrected chi connectivity index (χ3v) is 6.26. The Hall–Kier alpha value is -1.26. The summed E-state index contributed by atoms with van der Waals surface area (Å²) in [6.45, 7) is 5.32. The molecule has 2 aromatic heterocycles. The summed E-state index contributed by atoms with van der Waals surface area (Å²) < 4.78 is 32.7. The van der Waals surface area contributed by atoms with E-state index in [1.165, 1.54) is 17.4 Å². The largest absolute Gasteiger partial charge is 0.379 e. The first-order valence-electron chi connectivity index (χ1n) is 7.42. The molecule has 2 N–H and O–H groups in total. The molecule has 0 aliphatic carbocycles. The number of imidazole rings is 1. The second-order valence-electron chi connectivity index (χ2n) is 5.38. The van der Waals surface area contributed by atoms with E-state index in [-0.39, 0.29) is 11.1 Å². The van der Waals surface area contributed by atoms with Crippen molar-refractivity contribution in [1.82, 2.24) is 19.6 Å². The molecule has 0 saturated carbocycles. The number of hydrogen-bond donors (Lipinski definition) is 2. The average Bonchev–Trinajstić information content (AvgIpc) is 3.21. The number of aromatic amines is 1. The van der Waals surface area contributed by atoms with Crippen LogP contribution in [0.5, 0.6) is 0 Å². The van der Waals surface area contributed by atoms with E-state index in [4.69, 9.17) is 4.74 Å². The average molecular weight is 356 g/mol. The molecule has 0 aromatic carbocycles. The summed E-state index contributed by atoms with van der Waals surface area (Å²) in [5.74, 6) is 0. The zero-order chi connectivity index (χ0) is 16.3. The predicted molar refractivity (Wildman–Crippen MR) is 88.0 cm³/mol. The number of morpholine rings is 1. The number of hydrogen-bond acceptors (Lipinski definition) is 6. The monoisotopic (exact) mass is 356 g/mol. The van der Waals surface area contributed by atoms with Gasteiger partial charge in [-0.15, -0.1) is 11.3 Å². The lowest BCUT2D eigenvalue weighted by molar-refractivity contribution is 0.0179. The van der Waals surface area contributed by atoms with E-state index < -0.39 is 10.0 Å². The van der Waals surface area contributed by atoms with Gasteiger partial charge in [-0.1, -0.05) is 0 Å². The molecule has 9 heteroatoms. The van der Waals surface area contributed by atoms with Crippen LogP contribution < -0.4 is 4.72 Å². The Labute approximate surface area is 139 Å². The van der Waals surface area contributed by atoms with Gasteiger partial charge in [-0.05, 0) is 19.1 Å². The molecule has 1 unspecified atom stereocenters. The molecule has 126 valence electrons. The molecule has 0 amide bonds. The van der Waals surface area contributed by atoms with Crippen LogP contribution in [0, 0.1) is 6.92 Å². The zero-order valence-electron chi connectivity index (χ0n) is 12.9. The second kappa shape index (κ2) is 7.10. The molecule has 0 bridgehead atoms. The summed E-state index contributed by atoms with van der Waals surface area (Å²) in [4.78, 5) is 11.0. The number of H-pyrrole nitrogens is 1. The van der Waals surface area contributed by atoms with Gasteiger partial charge < -0.3 is 9.72 Å². The van der Waals surface area contributed by atoms with Crippen molar-refractivity contribution in [3.8, 4) is 0 Å². The van der Waals surface area contributed by atoms with Crippen molar-refractivity contribution < 1.29 is 13.2 Å². The second-order valence-corrected chi connectivity index (χ2v) is 8.44. The van der Waals surface area contributed by atoms with Crippen LogP contribution in [0.1, 0.15) is 15.8 Å². The first-order chi connectivity index (χ1) is 11.1. The van der Waals surface area contributed by atoms with Gasteiger partial charge in [-0.2, -0.15) is 0 Å². The number of aromatic nitrogens is 2. The number of sulfonamides is 1. The Morgan fingerprint density at radius 1 is 1.43 bits per heavy atom. The first-order valence-corrected chi connectivity index (χ1v) is 9.72. The van der Waals surface area contributed by atoms with Crippen LogP contribution in [0.2, 0.25) is 0 Å². The molecule has 2 aromatic rings. The van der Waals surface area contributed by atoms with Gasteiger partial charge in [0.2, 0.25) is 0 Å². The molecule has 1 aliphatic heterocycles. The number of nitrogens with one attached hydrogen (secondary N) is 2. The van der Waals surface area contributed by atoms with Crippen molar-refractivity contribution in [1.29, 1.82) is 0 Å². The Balaban J connectivity index is 1.76. The van der Waals surface area contributed by atoms with Crippen LogP contribution in [0.4, 0.5) is 0 Å². The van der Waals surface area contributed by atoms with Crippen molar-refractivity contribution in [2.24, 2.45) is 0 Å². The highest BCUT2D eigenvalue weighted by atomic mass is 32.2. The quantitative estimate of drug-likeness (QED) is 0.810. The zero-order valence-corrected chi connectivity index (χ0v) is 14.5. The molecule has 1 fully saturated rings. The van der Waals surface area contributed by atoms with Gasteiger partial charge in [0.25, 0.3) is 10.0 Å². The highest BCUT2D eigenvalue weighted by Gasteiger charge is 2.26. The van der Waals surface area contributed by atoms with Crippen LogP contribution in [0.3, 0.4) is 0 Å². The fraction of sp³-hybridized carbons (Fsp3) is 0.500. The smallest absolute Gasteiger partial charge is 0.257 e. The summed E-state index contributed by atoms with van der Waals surface area (Å²) in [5.41, 5.74) is 0. The topological polar surface area (TPSA) is 87.3 Å². The molecule has 7 nitrogen and oxygen atoms in total. The number of aryl methyl sites for hydroxylation is 1. The molecular weight excluding hydrogens is 336 g/mol. The van der Waals surface area contributed by atoms with Crippen molar-refractivity contribution in [3.05, 3.63) is 34.4 Å². The van der Waals surface area contributed by atoms with Gasteiger partial charge in [0.1, 0.15) is 0 Å². The Morgan fingerprint density at radius 2 is 2.22 bits per heavy atom. The Bertz CT molecular complexity index is 721. The fourth-order valence-electron chi connectivity index (χ4n) is 2.59. The Morgan fingerprint density at radius 3 is 2.83 bits per heavy atom. The van der Waals surface area contributed by atoms with Crippen LogP contribution >= 0.6 is 11.3 Å². The fourth-order valence-corrected chi connectivity index (χ4v) is 4.54. The molecule has 0 radical (unpaired) electrons. The van der Waals surface area contributed by atoms with Crippen molar-refractivity contribution in [3.63, 3.8) is 0 Å². The van der Waals surface area contributed by atoms with E-state index in [1.807, 2.05) is 0 Å². The van der Waals surface area contributed by atoms with E-state index in [0.29, 0.717) is 19.8 Å². The molecule has 1 aliphatic rings. The summed E-state index contributed by atoms with van der Waals surface area (Å²) in [6.07, 6.45) is 2.66. The Kier molecular flexibility index (Phi) is 5.12. The maximum absolute atomic E-state index is 12.3. The first kappa shape index (κ1) is 16.6. The molecule has 3 rings (SSSR count). The summed E-state index contributed by atoms with van der Waals surface area (Å²) in [5, 5.41) is 0.0839. The standard InChI is InChI=1S/C14H20N4O3S2/c1-11-2-3-13(22-11)12(18-4-6-21-7-5-18)8-17-23(19,20)14-9-15-10-16-14/h2-3,9-10,12,17H,4-8H2,1H3,(H,15,16). The number of nitrogens with zero attached hydrogens (tertiary/aromatic N) is 2. The number of thiophene rings is 1. The van der Waals surface area contributed by atoms with Crippen LogP contribution in [0.25, 0.3) is 0 Å². The third kappa shape index (κ3) is 3.99. The minimum atomic E-state index is -3.57. The molecule has 23 heavy (non-hydrogen) atoms.